The van der Waals surface area contributed by atoms with Gasteiger partial charge in [0.2, 0.25) is 0 Å². The van der Waals surface area contributed by atoms with Crippen LogP contribution < -0.4 is 5.56 Å². The van der Waals surface area contributed by atoms with Crippen molar-refractivity contribution in [3.63, 3.8) is 0 Å². The zero-order chi connectivity index (χ0) is 19.8. The van der Waals surface area contributed by atoms with Crippen LogP contribution in [0.1, 0.15) is 0 Å². The minimum atomic E-state index is -0.121. The molecule has 0 unspecified atom stereocenters. The normalized spacial score (nSPS) is 11.1. The third kappa shape index (κ3) is 2.95. The molecular formula is C25H18N2O2. The lowest BCUT2D eigenvalue weighted by molar-refractivity contribution is 0.459. The van der Waals surface area contributed by atoms with Gasteiger partial charge in [0.1, 0.15) is 11.1 Å². The van der Waals surface area contributed by atoms with Gasteiger partial charge in [0.25, 0.3) is 5.56 Å². The summed E-state index contributed by atoms with van der Waals surface area (Å²) in [5.74, 6) is 0. The van der Waals surface area contributed by atoms with Gasteiger partial charge in [-0.3, -0.25) is 4.79 Å². The van der Waals surface area contributed by atoms with E-state index >= 15 is 0 Å². The molecule has 0 aliphatic heterocycles. The van der Waals surface area contributed by atoms with Crippen molar-refractivity contribution in [2.24, 2.45) is 7.05 Å². The Balaban J connectivity index is 1.62. The molecule has 5 rings (SSSR count). The molecule has 140 valence electrons. The molecule has 3 aromatic carbocycles. The van der Waals surface area contributed by atoms with Crippen molar-refractivity contribution in [3.8, 4) is 33.6 Å². The number of rotatable bonds is 3. The van der Waals surface area contributed by atoms with Crippen LogP contribution in [-0.2, 0) is 7.05 Å². The van der Waals surface area contributed by atoms with Gasteiger partial charge in [-0.05, 0) is 16.7 Å². The van der Waals surface area contributed by atoms with Crippen molar-refractivity contribution >= 4 is 11.0 Å². The first-order chi connectivity index (χ1) is 14.2. The molecule has 0 saturated carbocycles. The maximum Gasteiger partial charge on any atom is 0.264 e. The number of benzene rings is 3. The second kappa shape index (κ2) is 6.91. The SMILES string of the molecule is Cn1c(-c2ccc(-c3ccccc3)cc2)cc2onc(-c3ccccc3)c2c1=O. The first-order valence-electron chi connectivity index (χ1n) is 9.43. The van der Waals surface area contributed by atoms with Crippen molar-refractivity contribution in [1.82, 2.24) is 9.72 Å². The first kappa shape index (κ1) is 17.2. The lowest BCUT2D eigenvalue weighted by Gasteiger charge is -2.10. The minimum absolute atomic E-state index is 0.121. The van der Waals surface area contributed by atoms with E-state index in [9.17, 15) is 4.79 Å². The van der Waals surface area contributed by atoms with Gasteiger partial charge in [-0.1, -0.05) is 90.1 Å². The molecule has 0 saturated heterocycles. The molecule has 0 radical (unpaired) electrons. The largest absolute Gasteiger partial charge is 0.355 e. The summed E-state index contributed by atoms with van der Waals surface area (Å²) in [4.78, 5) is 13.1. The molecule has 0 aliphatic carbocycles. The number of hydrogen-bond donors (Lipinski definition) is 0. The molecule has 0 aliphatic rings. The standard InChI is InChI=1S/C25H18N2O2/c1-27-21(19-14-12-18(13-15-19)17-8-4-2-5-9-17)16-22-23(25(27)28)24(26-29-22)20-10-6-3-7-11-20/h2-16H,1H3. The predicted octanol–water partition coefficient (Wildman–Crippen LogP) is 5.53. The zero-order valence-electron chi connectivity index (χ0n) is 15.9. The van der Waals surface area contributed by atoms with E-state index in [2.05, 4.69) is 29.4 Å². The molecule has 2 heterocycles. The predicted molar refractivity (Wildman–Crippen MR) is 116 cm³/mol. The van der Waals surface area contributed by atoms with Crippen LogP contribution in [0.25, 0.3) is 44.6 Å². The Kier molecular flexibility index (Phi) is 4.10. The zero-order valence-corrected chi connectivity index (χ0v) is 15.9. The summed E-state index contributed by atoms with van der Waals surface area (Å²) in [6, 6.07) is 29.9. The Morgan fingerprint density at radius 2 is 1.28 bits per heavy atom. The monoisotopic (exact) mass is 378 g/mol. The quantitative estimate of drug-likeness (QED) is 0.415. The van der Waals surface area contributed by atoms with Crippen molar-refractivity contribution in [1.29, 1.82) is 0 Å². The summed E-state index contributed by atoms with van der Waals surface area (Å²) in [6.07, 6.45) is 0. The molecule has 2 aromatic heterocycles. The smallest absolute Gasteiger partial charge is 0.264 e. The number of hydrogen-bond acceptors (Lipinski definition) is 3. The van der Waals surface area contributed by atoms with Crippen molar-refractivity contribution < 1.29 is 4.52 Å². The van der Waals surface area contributed by atoms with Gasteiger partial charge in [0.15, 0.2) is 5.58 Å². The van der Waals surface area contributed by atoms with E-state index in [0.29, 0.717) is 16.7 Å². The van der Waals surface area contributed by atoms with Crippen LogP contribution in [0.15, 0.2) is 100 Å². The van der Waals surface area contributed by atoms with E-state index in [1.54, 1.807) is 11.6 Å². The summed E-state index contributed by atoms with van der Waals surface area (Å²) >= 11 is 0. The fourth-order valence-corrected chi connectivity index (χ4v) is 3.64. The van der Waals surface area contributed by atoms with Gasteiger partial charge in [-0.25, -0.2) is 0 Å². The fourth-order valence-electron chi connectivity index (χ4n) is 3.64. The van der Waals surface area contributed by atoms with Crippen LogP contribution in [0.5, 0.6) is 0 Å². The first-order valence-corrected chi connectivity index (χ1v) is 9.43. The van der Waals surface area contributed by atoms with E-state index in [-0.39, 0.29) is 5.56 Å². The Labute approximate surface area is 167 Å². The Hall–Kier alpha value is -3.92. The van der Waals surface area contributed by atoms with E-state index in [4.69, 9.17) is 4.52 Å². The average Bonchev–Trinajstić information content (AvgIpc) is 3.22. The molecule has 4 heteroatoms. The van der Waals surface area contributed by atoms with Gasteiger partial charge in [-0.2, -0.15) is 0 Å². The molecule has 0 amide bonds. The Morgan fingerprint density at radius 3 is 1.93 bits per heavy atom. The number of fused-ring (bicyclic) bond motifs is 1. The summed E-state index contributed by atoms with van der Waals surface area (Å²) in [5, 5.41) is 4.67. The Morgan fingerprint density at radius 1 is 0.724 bits per heavy atom. The summed E-state index contributed by atoms with van der Waals surface area (Å²) in [6.45, 7) is 0. The third-order valence-electron chi connectivity index (χ3n) is 5.20. The molecule has 4 nitrogen and oxygen atoms in total. The summed E-state index contributed by atoms with van der Waals surface area (Å²) in [7, 11) is 1.78. The molecule has 0 atom stereocenters. The average molecular weight is 378 g/mol. The summed E-state index contributed by atoms with van der Waals surface area (Å²) in [5.41, 5.74) is 5.84. The van der Waals surface area contributed by atoms with Gasteiger partial charge in [-0.15, -0.1) is 0 Å². The molecule has 0 fully saturated rings. The fraction of sp³-hybridized carbons (Fsp3) is 0.0400. The number of nitrogens with zero attached hydrogens (tertiary/aromatic N) is 2. The third-order valence-corrected chi connectivity index (χ3v) is 5.20. The number of pyridine rings is 1. The highest BCUT2D eigenvalue weighted by atomic mass is 16.5. The van der Waals surface area contributed by atoms with Crippen LogP contribution in [0.2, 0.25) is 0 Å². The van der Waals surface area contributed by atoms with Crippen molar-refractivity contribution in [2.75, 3.05) is 0 Å². The molecule has 29 heavy (non-hydrogen) atoms. The van der Waals surface area contributed by atoms with E-state index in [1.807, 2.05) is 66.7 Å². The maximum absolute atomic E-state index is 13.1. The topological polar surface area (TPSA) is 48.0 Å². The highest BCUT2D eigenvalue weighted by molar-refractivity contribution is 5.92. The van der Waals surface area contributed by atoms with E-state index in [0.717, 1.165) is 27.9 Å². The molecule has 5 aromatic rings. The second-order valence-corrected chi connectivity index (χ2v) is 6.97. The van der Waals surface area contributed by atoms with Crippen LogP contribution in [0, 0.1) is 0 Å². The lowest BCUT2D eigenvalue weighted by Crippen LogP contribution is -2.18. The van der Waals surface area contributed by atoms with Crippen LogP contribution in [-0.4, -0.2) is 9.72 Å². The van der Waals surface area contributed by atoms with Gasteiger partial charge in [0.05, 0.1) is 5.69 Å². The highest BCUT2D eigenvalue weighted by Gasteiger charge is 2.18. The summed E-state index contributed by atoms with van der Waals surface area (Å²) < 4.78 is 7.19. The highest BCUT2D eigenvalue weighted by Crippen LogP contribution is 2.29. The Bertz CT molecular complexity index is 1350. The van der Waals surface area contributed by atoms with Crippen molar-refractivity contribution in [2.45, 2.75) is 0 Å². The molecule has 0 spiro atoms. The van der Waals surface area contributed by atoms with Crippen LogP contribution in [0.4, 0.5) is 0 Å². The van der Waals surface area contributed by atoms with E-state index in [1.165, 1.54) is 0 Å². The van der Waals surface area contributed by atoms with Gasteiger partial charge < -0.3 is 9.09 Å². The number of aromatic nitrogens is 2. The molecule has 0 bridgehead atoms. The van der Waals surface area contributed by atoms with Crippen LogP contribution in [0.3, 0.4) is 0 Å². The molecular weight excluding hydrogens is 360 g/mol. The maximum atomic E-state index is 13.1. The van der Waals surface area contributed by atoms with Crippen LogP contribution >= 0.6 is 0 Å². The lowest BCUT2D eigenvalue weighted by atomic mass is 10.0. The van der Waals surface area contributed by atoms with Gasteiger partial charge in [0, 0.05) is 18.7 Å². The second-order valence-electron chi connectivity index (χ2n) is 6.97. The van der Waals surface area contributed by atoms with Crippen molar-refractivity contribution in [3.05, 3.63) is 101 Å². The van der Waals surface area contributed by atoms with Gasteiger partial charge >= 0.3 is 0 Å². The molecule has 0 N–H and O–H groups in total. The van der Waals surface area contributed by atoms with E-state index < -0.39 is 0 Å². The minimum Gasteiger partial charge on any atom is -0.355 e.